The van der Waals surface area contributed by atoms with E-state index in [0.29, 0.717) is 12.1 Å². The molecule has 4 nitrogen and oxygen atoms in total. The average molecular weight is 528 g/mol. The molecule has 3 heterocycles. The van der Waals surface area contributed by atoms with Crippen molar-refractivity contribution in [1.82, 2.24) is 14.4 Å². The highest BCUT2D eigenvalue weighted by molar-refractivity contribution is 6.31. The molecule has 2 unspecified atom stereocenters. The molecule has 198 valence electrons. The molecule has 0 N–H and O–H groups in total. The Hall–Kier alpha value is -2.79. The number of ether oxygens (including phenoxy) is 1. The minimum absolute atomic E-state index is 0.610. The summed E-state index contributed by atoms with van der Waals surface area (Å²) in [5, 5.41) is 2.24. The first kappa shape index (κ1) is 25.5. The average Bonchev–Trinajstić information content (AvgIpc) is 3.41. The van der Waals surface area contributed by atoms with Crippen LogP contribution in [0.1, 0.15) is 43.7 Å². The van der Waals surface area contributed by atoms with Crippen molar-refractivity contribution >= 4 is 22.5 Å². The standard InChI is InChI=1S/C33H38ClN3O/c1-3-4-17-36-23-31(25-10-14-29(38-2)15-11-25)30-18-24(9-16-33(30)36)19-35-21-27-12-13-28(22-35)37(27)20-26-7-5-6-8-32(26)34/h5-11,14-16,18,23,27-28H,3-4,12-13,17,19-22H2,1-2H3. The van der Waals surface area contributed by atoms with E-state index >= 15 is 0 Å². The Morgan fingerprint density at radius 2 is 1.68 bits per heavy atom. The summed E-state index contributed by atoms with van der Waals surface area (Å²) in [7, 11) is 1.72. The van der Waals surface area contributed by atoms with E-state index in [-0.39, 0.29) is 0 Å². The Morgan fingerprint density at radius 1 is 0.921 bits per heavy atom. The van der Waals surface area contributed by atoms with Crippen molar-refractivity contribution in [3.63, 3.8) is 0 Å². The summed E-state index contributed by atoms with van der Waals surface area (Å²) in [5.41, 5.74) is 6.54. The van der Waals surface area contributed by atoms with Crippen LogP contribution in [0.2, 0.25) is 5.02 Å². The minimum Gasteiger partial charge on any atom is -0.497 e. The van der Waals surface area contributed by atoms with Gasteiger partial charge in [-0.15, -0.1) is 0 Å². The third kappa shape index (κ3) is 5.10. The van der Waals surface area contributed by atoms with Gasteiger partial charge in [-0.05, 0) is 66.3 Å². The molecular weight excluding hydrogens is 490 g/mol. The van der Waals surface area contributed by atoms with Gasteiger partial charge in [0.2, 0.25) is 0 Å². The maximum Gasteiger partial charge on any atom is 0.118 e. The number of hydrogen-bond acceptors (Lipinski definition) is 3. The smallest absolute Gasteiger partial charge is 0.118 e. The maximum atomic E-state index is 6.50. The van der Waals surface area contributed by atoms with E-state index in [9.17, 15) is 0 Å². The molecule has 2 atom stereocenters. The number of likely N-dealkylation sites (tertiary alicyclic amines) is 1. The van der Waals surface area contributed by atoms with Crippen molar-refractivity contribution in [2.24, 2.45) is 0 Å². The molecule has 0 amide bonds. The molecule has 3 aromatic carbocycles. The summed E-state index contributed by atoms with van der Waals surface area (Å²) in [6.07, 6.45) is 7.30. The summed E-state index contributed by atoms with van der Waals surface area (Å²) in [6, 6.07) is 25.2. The van der Waals surface area contributed by atoms with Gasteiger partial charge in [0.15, 0.2) is 0 Å². The largest absolute Gasteiger partial charge is 0.497 e. The molecule has 1 aromatic heterocycles. The lowest BCUT2D eigenvalue weighted by atomic mass is 10.0. The SMILES string of the molecule is CCCCn1cc(-c2ccc(OC)cc2)c2cc(CN3CC4CCC(C3)N4Cc3ccccc3Cl)ccc21. The fourth-order valence-corrected chi connectivity index (χ4v) is 6.70. The molecular formula is C33H38ClN3O. The lowest BCUT2D eigenvalue weighted by Gasteiger charge is -2.41. The number of nitrogens with zero attached hydrogens (tertiary/aromatic N) is 3. The summed E-state index contributed by atoms with van der Waals surface area (Å²) in [4.78, 5) is 5.38. The molecule has 5 heteroatoms. The van der Waals surface area contributed by atoms with Crippen LogP contribution in [0.15, 0.2) is 72.9 Å². The van der Waals surface area contributed by atoms with E-state index in [4.69, 9.17) is 16.3 Å². The van der Waals surface area contributed by atoms with Crippen molar-refractivity contribution in [3.8, 4) is 16.9 Å². The van der Waals surface area contributed by atoms with Gasteiger partial charge in [-0.25, -0.2) is 0 Å². The summed E-state index contributed by atoms with van der Waals surface area (Å²) >= 11 is 6.50. The Bertz CT molecular complexity index is 1380. The van der Waals surface area contributed by atoms with E-state index in [2.05, 4.69) is 82.1 Å². The lowest BCUT2D eigenvalue weighted by molar-refractivity contribution is 0.0567. The van der Waals surface area contributed by atoms with Gasteiger partial charge >= 0.3 is 0 Å². The molecule has 0 aliphatic carbocycles. The van der Waals surface area contributed by atoms with Crippen molar-refractivity contribution in [1.29, 1.82) is 0 Å². The molecule has 38 heavy (non-hydrogen) atoms. The van der Waals surface area contributed by atoms with Gasteiger partial charge in [0.1, 0.15) is 5.75 Å². The van der Waals surface area contributed by atoms with E-state index in [0.717, 1.165) is 43.5 Å². The fraction of sp³-hybridized carbons (Fsp3) is 0.394. The van der Waals surface area contributed by atoms with Crippen LogP contribution in [0.3, 0.4) is 0 Å². The van der Waals surface area contributed by atoms with Gasteiger partial charge < -0.3 is 9.30 Å². The number of hydrogen-bond donors (Lipinski definition) is 0. The number of halogens is 1. The zero-order valence-electron chi connectivity index (χ0n) is 22.6. The number of fused-ring (bicyclic) bond motifs is 3. The van der Waals surface area contributed by atoms with Gasteiger partial charge in [-0.3, -0.25) is 9.80 Å². The Morgan fingerprint density at radius 3 is 2.39 bits per heavy atom. The molecule has 4 aromatic rings. The third-order valence-corrected chi connectivity index (χ3v) is 8.89. The molecule has 2 bridgehead atoms. The van der Waals surface area contributed by atoms with Gasteiger partial charge in [0, 0.05) is 72.5 Å². The summed E-state index contributed by atoms with van der Waals surface area (Å²) < 4.78 is 7.84. The monoisotopic (exact) mass is 527 g/mol. The molecule has 2 aliphatic heterocycles. The molecule has 0 saturated carbocycles. The summed E-state index contributed by atoms with van der Waals surface area (Å²) in [5.74, 6) is 0.896. The van der Waals surface area contributed by atoms with E-state index in [1.165, 1.54) is 58.8 Å². The first-order valence-electron chi connectivity index (χ1n) is 14.1. The van der Waals surface area contributed by atoms with Crippen LogP contribution >= 0.6 is 11.6 Å². The van der Waals surface area contributed by atoms with Crippen LogP contribution in [0.4, 0.5) is 0 Å². The number of benzene rings is 3. The number of methoxy groups -OCH3 is 1. The number of rotatable bonds is 9. The lowest BCUT2D eigenvalue weighted by Crippen LogP contribution is -2.52. The van der Waals surface area contributed by atoms with Crippen molar-refractivity contribution in [2.45, 2.75) is 64.3 Å². The predicted octanol–water partition coefficient (Wildman–Crippen LogP) is 7.62. The van der Waals surface area contributed by atoms with Crippen LogP contribution < -0.4 is 4.74 Å². The molecule has 2 saturated heterocycles. The van der Waals surface area contributed by atoms with Crippen molar-refractivity contribution in [2.75, 3.05) is 20.2 Å². The number of piperazine rings is 1. The maximum absolute atomic E-state index is 6.50. The zero-order valence-corrected chi connectivity index (χ0v) is 23.3. The first-order valence-corrected chi connectivity index (χ1v) is 14.5. The quantitative estimate of drug-likeness (QED) is 0.223. The van der Waals surface area contributed by atoms with E-state index < -0.39 is 0 Å². The number of aryl methyl sites for hydroxylation is 1. The van der Waals surface area contributed by atoms with Crippen molar-refractivity contribution < 1.29 is 4.74 Å². The van der Waals surface area contributed by atoms with Crippen molar-refractivity contribution in [3.05, 3.63) is 89.1 Å². The van der Waals surface area contributed by atoms with Crippen LogP contribution in [-0.4, -0.2) is 46.6 Å². The highest BCUT2D eigenvalue weighted by Crippen LogP contribution is 2.35. The Kier molecular flexibility index (Phi) is 7.47. The molecule has 2 aliphatic rings. The highest BCUT2D eigenvalue weighted by atomic mass is 35.5. The van der Waals surface area contributed by atoms with Crippen LogP contribution in [-0.2, 0) is 19.6 Å². The van der Waals surface area contributed by atoms with Gasteiger partial charge in [0.25, 0.3) is 0 Å². The third-order valence-electron chi connectivity index (χ3n) is 8.53. The number of aromatic nitrogens is 1. The van der Waals surface area contributed by atoms with Crippen LogP contribution in [0.25, 0.3) is 22.0 Å². The second-order valence-corrected chi connectivity index (χ2v) is 11.4. The van der Waals surface area contributed by atoms with Crippen LogP contribution in [0, 0.1) is 0 Å². The van der Waals surface area contributed by atoms with E-state index in [1.807, 2.05) is 12.1 Å². The molecule has 6 rings (SSSR count). The molecule has 2 fully saturated rings. The van der Waals surface area contributed by atoms with Gasteiger partial charge in [-0.2, -0.15) is 0 Å². The van der Waals surface area contributed by atoms with E-state index in [1.54, 1.807) is 7.11 Å². The Balaban J connectivity index is 1.23. The second kappa shape index (κ2) is 11.1. The summed E-state index contributed by atoms with van der Waals surface area (Å²) in [6.45, 7) is 7.54. The van der Waals surface area contributed by atoms with Gasteiger partial charge in [-0.1, -0.05) is 61.3 Å². The zero-order chi connectivity index (χ0) is 26.1. The number of unbranched alkanes of at least 4 members (excludes halogenated alkanes) is 1. The minimum atomic E-state index is 0.610. The Labute approximate surface area is 231 Å². The predicted molar refractivity (Wildman–Crippen MR) is 158 cm³/mol. The van der Waals surface area contributed by atoms with Crippen LogP contribution in [0.5, 0.6) is 5.75 Å². The topological polar surface area (TPSA) is 20.6 Å². The molecule has 0 spiro atoms. The van der Waals surface area contributed by atoms with Gasteiger partial charge in [0.05, 0.1) is 7.11 Å². The second-order valence-electron chi connectivity index (χ2n) is 11.0. The fourth-order valence-electron chi connectivity index (χ4n) is 6.50. The molecule has 0 radical (unpaired) electrons. The first-order chi connectivity index (χ1) is 18.6. The highest BCUT2D eigenvalue weighted by Gasteiger charge is 2.39. The normalized spacial score (nSPS) is 19.9.